The quantitative estimate of drug-likeness (QED) is 0.494. The molecule has 0 bridgehead atoms. The molecule has 3 aliphatic heterocycles. The Bertz CT molecular complexity index is 1110. The molecule has 0 aromatic heterocycles. The summed E-state index contributed by atoms with van der Waals surface area (Å²) in [6.07, 6.45) is 1.85. The van der Waals surface area contributed by atoms with E-state index in [1.54, 1.807) is 27.2 Å². The highest BCUT2D eigenvalue weighted by atomic mass is 32.2. The van der Waals surface area contributed by atoms with E-state index >= 15 is 0 Å². The van der Waals surface area contributed by atoms with Gasteiger partial charge in [-0.3, -0.25) is 4.79 Å². The normalized spacial score (nSPS) is 21.2. The van der Waals surface area contributed by atoms with Crippen molar-refractivity contribution in [3.8, 4) is 11.5 Å². The number of allylic oxidation sites excluding steroid dienone is 1. The fraction of sp³-hybridized carbons (Fsp3) is 0.500. The molecule has 1 saturated heterocycles. The molecule has 36 heavy (non-hydrogen) atoms. The number of thioether (sulfide) groups is 1. The second-order valence-corrected chi connectivity index (χ2v) is 9.88. The van der Waals surface area contributed by atoms with Crippen LogP contribution in [-0.4, -0.2) is 61.5 Å². The van der Waals surface area contributed by atoms with Gasteiger partial charge in [0, 0.05) is 24.4 Å². The van der Waals surface area contributed by atoms with Crippen LogP contribution >= 0.6 is 11.8 Å². The molecule has 1 N–H and O–H groups in total. The van der Waals surface area contributed by atoms with E-state index in [1.807, 2.05) is 36.3 Å². The summed E-state index contributed by atoms with van der Waals surface area (Å²) >= 11 is 1.42. The van der Waals surface area contributed by atoms with Crippen LogP contribution in [0.5, 0.6) is 11.5 Å². The number of fused-ring (bicyclic) bond motifs is 1. The Kier molecular flexibility index (Phi) is 8.25. The lowest BCUT2D eigenvalue weighted by Gasteiger charge is -2.37. The van der Waals surface area contributed by atoms with Gasteiger partial charge in [-0.15, -0.1) is 0 Å². The predicted octanol–water partition coefficient (Wildman–Crippen LogP) is 3.92. The van der Waals surface area contributed by atoms with Gasteiger partial charge in [-0.05, 0) is 45.1 Å². The monoisotopic (exact) mass is 515 g/mol. The molecule has 10 heteroatoms. The smallest absolute Gasteiger partial charge is 0.338 e. The summed E-state index contributed by atoms with van der Waals surface area (Å²) < 4.78 is 22.5. The van der Waals surface area contributed by atoms with Crippen molar-refractivity contribution >= 4 is 28.8 Å². The number of rotatable bonds is 9. The van der Waals surface area contributed by atoms with E-state index < -0.39 is 12.0 Å². The fourth-order valence-electron chi connectivity index (χ4n) is 4.59. The van der Waals surface area contributed by atoms with Gasteiger partial charge in [-0.2, -0.15) is 0 Å². The number of amides is 1. The van der Waals surface area contributed by atoms with Crippen LogP contribution in [0.15, 0.2) is 45.6 Å². The van der Waals surface area contributed by atoms with Gasteiger partial charge in [0.2, 0.25) is 5.91 Å². The van der Waals surface area contributed by atoms with Crippen LogP contribution in [0, 0.1) is 0 Å². The number of carbonyl (C=O) groups excluding carboxylic acids is 2. The lowest BCUT2D eigenvalue weighted by atomic mass is 9.92. The third kappa shape index (κ3) is 5.39. The molecule has 1 aromatic carbocycles. The summed E-state index contributed by atoms with van der Waals surface area (Å²) in [7, 11) is 3.13. The fourth-order valence-corrected chi connectivity index (χ4v) is 5.55. The first-order valence-corrected chi connectivity index (χ1v) is 13.0. The van der Waals surface area contributed by atoms with Crippen molar-refractivity contribution in [2.75, 3.05) is 27.4 Å². The van der Waals surface area contributed by atoms with Gasteiger partial charge < -0.3 is 29.2 Å². The van der Waals surface area contributed by atoms with Gasteiger partial charge in [-0.25, -0.2) is 9.79 Å². The Morgan fingerprint density at radius 2 is 2.08 bits per heavy atom. The van der Waals surface area contributed by atoms with E-state index in [0.717, 1.165) is 25.1 Å². The zero-order valence-corrected chi connectivity index (χ0v) is 22.1. The molecule has 0 spiro atoms. The number of para-hydroxylation sites is 1. The molecular weight excluding hydrogens is 482 g/mol. The minimum Gasteiger partial charge on any atom is -0.493 e. The number of hydrogen-bond donors (Lipinski definition) is 1. The number of nitrogens with zero attached hydrogens (tertiary/aromatic N) is 2. The lowest BCUT2D eigenvalue weighted by molar-refractivity contribution is -0.143. The highest BCUT2D eigenvalue weighted by Gasteiger charge is 2.43. The van der Waals surface area contributed by atoms with Gasteiger partial charge >= 0.3 is 5.97 Å². The lowest BCUT2D eigenvalue weighted by Crippen LogP contribution is -2.39. The van der Waals surface area contributed by atoms with Gasteiger partial charge in [0.15, 0.2) is 16.7 Å². The molecule has 0 radical (unpaired) electrons. The van der Waals surface area contributed by atoms with Crippen LogP contribution in [0.3, 0.4) is 0 Å². The Labute approximate surface area is 215 Å². The summed E-state index contributed by atoms with van der Waals surface area (Å²) in [5, 5.41) is 5.58. The number of ether oxygens (including phenoxy) is 4. The van der Waals surface area contributed by atoms with Gasteiger partial charge in [0.25, 0.3) is 0 Å². The average Bonchev–Trinajstić information content (AvgIpc) is 3.51. The molecule has 0 unspecified atom stereocenters. The molecule has 1 fully saturated rings. The number of benzene rings is 1. The average molecular weight is 516 g/mol. The van der Waals surface area contributed by atoms with E-state index in [9.17, 15) is 9.59 Å². The topological polar surface area (TPSA) is 98.7 Å². The van der Waals surface area contributed by atoms with Crippen molar-refractivity contribution in [1.82, 2.24) is 10.2 Å². The molecule has 1 aromatic rings. The van der Waals surface area contributed by atoms with E-state index in [4.69, 9.17) is 23.9 Å². The Morgan fingerprint density at radius 3 is 2.75 bits per heavy atom. The van der Waals surface area contributed by atoms with Crippen molar-refractivity contribution in [2.45, 2.75) is 58.3 Å². The Morgan fingerprint density at radius 1 is 1.28 bits per heavy atom. The summed E-state index contributed by atoms with van der Waals surface area (Å²) in [4.78, 5) is 32.9. The van der Waals surface area contributed by atoms with Crippen LogP contribution in [0.4, 0.5) is 0 Å². The maximum Gasteiger partial charge on any atom is 0.338 e. The van der Waals surface area contributed by atoms with Crippen molar-refractivity contribution in [3.05, 3.63) is 46.1 Å². The molecule has 1 amide bonds. The summed E-state index contributed by atoms with van der Waals surface area (Å²) in [6, 6.07) is 4.94. The standard InChI is InChI=1S/C26H33N3O6S/c1-15(2)35-25(31)22-16(3)28-26-29(23(22)19-9-6-10-20(32-4)24(19)33-5)17(14-36-26)12-21(30)27-13-18-8-7-11-34-18/h6,9-10,14-15,18,23H,7-8,11-13H2,1-5H3,(H,27,30)/t18-,23+/m1/s1. The van der Waals surface area contributed by atoms with Crippen molar-refractivity contribution < 1.29 is 28.5 Å². The number of hydrogen-bond acceptors (Lipinski definition) is 9. The number of nitrogens with one attached hydrogen (secondary N) is 1. The third-order valence-electron chi connectivity index (χ3n) is 6.18. The minimum absolute atomic E-state index is 0.0600. The predicted molar refractivity (Wildman–Crippen MR) is 138 cm³/mol. The first-order valence-electron chi connectivity index (χ1n) is 12.1. The summed E-state index contributed by atoms with van der Waals surface area (Å²) in [5.41, 5.74) is 2.41. The third-order valence-corrected chi connectivity index (χ3v) is 7.07. The molecule has 0 aliphatic carbocycles. The highest BCUT2D eigenvalue weighted by molar-refractivity contribution is 8.16. The molecular formula is C26H33N3O6S. The molecule has 194 valence electrons. The number of methoxy groups -OCH3 is 2. The van der Waals surface area contributed by atoms with Gasteiger partial charge in [0.1, 0.15) is 0 Å². The minimum atomic E-state index is -0.610. The molecule has 4 rings (SSSR count). The van der Waals surface area contributed by atoms with E-state index in [0.29, 0.717) is 40.0 Å². The van der Waals surface area contributed by atoms with Gasteiger partial charge in [0.05, 0.1) is 50.2 Å². The van der Waals surface area contributed by atoms with Crippen molar-refractivity contribution in [1.29, 1.82) is 0 Å². The number of amidine groups is 1. The van der Waals surface area contributed by atoms with Gasteiger partial charge in [-0.1, -0.05) is 23.9 Å². The zero-order chi connectivity index (χ0) is 25.8. The van der Waals surface area contributed by atoms with Crippen LogP contribution in [-0.2, 0) is 19.1 Å². The Hall–Kier alpha value is -2.98. The molecule has 3 heterocycles. The van der Waals surface area contributed by atoms with E-state index in [1.165, 1.54) is 11.8 Å². The number of esters is 1. The van der Waals surface area contributed by atoms with E-state index in [-0.39, 0.29) is 24.5 Å². The molecule has 9 nitrogen and oxygen atoms in total. The Balaban J connectivity index is 1.69. The second kappa shape index (κ2) is 11.4. The van der Waals surface area contributed by atoms with Crippen molar-refractivity contribution in [3.63, 3.8) is 0 Å². The highest BCUT2D eigenvalue weighted by Crippen LogP contribution is 2.48. The summed E-state index contributed by atoms with van der Waals surface area (Å²) in [6.45, 7) is 6.64. The maximum atomic E-state index is 13.4. The largest absolute Gasteiger partial charge is 0.493 e. The summed E-state index contributed by atoms with van der Waals surface area (Å²) in [5.74, 6) is 0.472. The van der Waals surface area contributed by atoms with Crippen LogP contribution in [0.1, 0.15) is 51.6 Å². The second-order valence-electron chi connectivity index (χ2n) is 9.05. The van der Waals surface area contributed by atoms with Crippen LogP contribution in [0.25, 0.3) is 0 Å². The first kappa shape index (κ1) is 26.1. The van der Waals surface area contributed by atoms with Crippen LogP contribution < -0.4 is 14.8 Å². The number of carbonyl (C=O) groups is 2. The SMILES string of the molecule is COc1cccc([C@H]2C(C(=O)OC(C)C)=C(C)N=C3SC=C(CC(=O)NC[C@H]4CCCO4)N32)c1OC. The molecule has 2 atom stereocenters. The molecule has 3 aliphatic rings. The number of aliphatic imine (C=N–C) groups is 1. The van der Waals surface area contributed by atoms with E-state index in [2.05, 4.69) is 5.32 Å². The van der Waals surface area contributed by atoms with Crippen molar-refractivity contribution in [2.24, 2.45) is 4.99 Å². The first-order chi connectivity index (χ1) is 17.3. The maximum absolute atomic E-state index is 13.4. The zero-order valence-electron chi connectivity index (χ0n) is 21.3. The van der Waals surface area contributed by atoms with Crippen LogP contribution in [0.2, 0.25) is 0 Å². The molecule has 0 saturated carbocycles.